The second-order valence-corrected chi connectivity index (χ2v) is 5.34. The molecule has 0 aliphatic carbocycles. The molecule has 0 atom stereocenters. The molecule has 2 rings (SSSR count). The molecule has 21 heavy (non-hydrogen) atoms. The van der Waals surface area contributed by atoms with Gasteiger partial charge in [0.05, 0.1) is 16.9 Å². The molecule has 2 N–H and O–H groups in total. The molecule has 1 aromatic heterocycles. The molecular formula is C13H13F3N2O2S. The summed E-state index contributed by atoms with van der Waals surface area (Å²) in [7, 11) is 0. The number of thioether (sulfide) groups is 1. The summed E-state index contributed by atoms with van der Waals surface area (Å²) in [6.07, 6.45) is -2.21. The smallest absolute Gasteiger partial charge is 0.416 e. The number of halogens is 3. The van der Waals surface area contributed by atoms with Crippen LogP contribution in [0.3, 0.4) is 0 Å². The van der Waals surface area contributed by atoms with Crippen LogP contribution in [0.15, 0.2) is 29.1 Å². The first-order chi connectivity index (χ1) is 9.84. The van der Waals surface area contributed by atoms with E-state index in [1.165, 1.54) is 23.9 Å². The van der Waals surface area contributed by atoms with Crippen molar-refractivity contribution in [1.29, 1.82) is 0 Å². The van der Waals surface area contributed by atoms with E-state index in [0.29, 0.717) is 17.9 Å². The molecule has 1 heterocycles. The van der Waals surface area contributed by atoms with Crippen LogP contribution in [0.25, 0.3) is 5.69 Å². The number of aromatic amines is 1. The van der Waals surface area contributed by atoms with Crippen LogP contribution in [-0.2, 0) is 12.6 Å². The van der Waals surface area contributed by atoms with Crippen molar-refractivity contribution in [3.63, 3.8) is 0 Å². The average Bonchev–Trinajstić information content (AvgIpc) is 2.70. The minimum Gasteiger partial charge on any atom is -0.493 e. The lowest BCUT2D eigenvalue weighted by atomic mass is 10.2. The zero-order valence-corrected chi connectivity index (χ0v) is 11.9. The minimum absolute atomic E-state index is 0.0287. The zero-order valence-electron chi connectivity index (χ0n) is 11.1. The molecule has 0 unspecified atom stereocenters. The van der Waals surface area contributed by atoms with Crippen LogP contribution >= 0.6 is 11.8 Å². The fourth-order valence-electron chi connectivity index (χ4n) is 1.91. The van der Waals surface area contributed by atoms with E-state index in [1.54, 1.807) is 0 Å². The summed E-state index contributed by atoms with van der Waals surface area (Å²) in [5.41, 5.74) is -1.26. The lowest BCUT2D eigenvalue weighted by molar-refractivity contribution is -0.137. The molecule has 0 bridgehead atoms. The van der Waals surface area contributed by atoms with Crippen LogP contribution in [0, 0.1) is 0 Å². The molecule has 0 aliphatic heterocycles. The molecule has 0 radical (unpaired) electrons. The third kappa shape index (κ3) is 3.26. The predicted molar refractivity (Wildman–Crippen MR) is 75.1 cm³/mol. The summed E-state index contributed by atoms with van der Waals surface area (Å²) in [4.78, 5) is 14.3. The van der Waals surface area contributed by atoms with E-state index in [4.69, 9.17) is 0 Å². The van der Waals surface area contributed by atoms with Crippen LogP contribution in [-0.4, -0.2) is 26.7 Å². The highest BCUT2D eigenvalue weighted by molar-refractivity contribution is 7.98. The van der Waals surface area contributed by atoms with Gasteiger partial charge in [0.25, 0.3) is 0 Å². The number of hydrogen-bond donors (Lipinski definition) is 2. The van der Waals surface area contributed by atoms with Gasteiger partial charge >= 0.3 is 11.9 Å². The maximum absolute atomic E-state index is 12.7. The lowest BCUT2D eigenvalue weighted by Gasteiger charge is -2.09. The van der Waals surface area contributed by atoms with Crippen LogP contribution in [0.1, 0.15) is 11.3 Å². The second kappa shape index (κ2) is 5.88. The van der Waals surface area contributed by atoms with E-state index in [9.17, 15) is 23.1 Å². The maximum Gasteiger partial charge on any atom is 0.416 e. The molecule has 2 aromatic rings. The van der Waals surface area contributed by atoms with Crippen molar-refractivity contribution in [2.75, 3.05) is 12.0 Å². The van der Waals surface area contributed by atoms with Crippen LogP contribution < -0.4 is 5.69 Å². The molecule has 0 aliphatic rings. The van der Waals surface area contributed by atoms with Crippen molar-refractivity contribution >= 4 is 11.8 Å². The van der Waals surface area contributed by atoms with Crippen molar-refractivity contribution in [3.05, 3.63) is 46.0 Å². The number of hydrogen-bond acceptors (Lipinski definition) is 3. The highest BCUT2D eigenvalue weighted by Gasteiger charge is 2.31. The molecule has 8 heteroatoms. The molecule has 0 saturated carbocycles. The molecule has 0 saturated heterocycles. The Morgan fingerprint density at radius 3 is 2.71 bits per heavy atom. The molecule has 114 valence electrons. The Morgan fingerprint density at radius 2 is 2.10 bits per heavy atom. The van der Waals surface area contributed by atoms with Gasteiger partial charge in [0.15, 0.2) is 0 Å². The molecular weight excluding hydrogens is 305 g/mol. The van der Waals surface area contributed by atoms with Gasteiger partial charge in [0.2, 0.25) is 5.88 Å². The maximum atomic E-state index is 12.7. The van der Waals surface area contributed by atoms with Gasteiger partial charge < -0.3 is 10.1 Å². The molecule has 0 amide bonds. The highest BCUT2D eigenvalue weighted by Crippen LogP contribution is 2.31. The number of imidazole rings is 1. The number of nitrogens with zero attached hydrogens (tertiary/aromatic N) is 1. The summed E-state index contributed by atoms with van der Waals surface area (Å²) in [5.74, 6) is 0.323. The number of H-pyrrole nitrogens is 1. The summed E-state index contributed by atoms with van der Waals surface area (Å²) in [5, 5.41) is 10.0. The van der Waals surface area contributed by atoms with Gasteiger partial charge in [-0.25, -0.2) is 9.36 Å². The quantitative estimate of drug-likeness (QED) is 0.911. The van der Waals surface area contributed by atoms with Crippen molar-refractivity contribution in [2.24, 2.45) is 0 Å². The fraction of sp³-hybridized carbons (Fsp3) is 0.308. The number of aromatic nitrogens is 2. The van der Waals surface area contributed by atoms with E-state index in [-0.39, 0.29) is 11.6 Å². The third-order valence-corrected chi connectivity index (χ3v) is 3.54. The SMILES string of the molecule is CSCCc1[nH]c(=O)n(-c2cccc(C(F)(F)F)c2)c1O. The van der Waals surface area contributed by atoms with Crippen molar-refractivity contribution < 1.29 is 18.3 Å². The number of rotatable bonds is 4. The topological polar surface area (TPSA) is 58.0 Å². The Morgan fingerprint density at radius 1 is 1.38 bits per heavy atom. The number of alkyl halides is 3. The van der Waals surface area contributed by atoms with Crippen molar-refractivity contribution in [3.8, 4) is 11.6 Å². The average molecular weight is 318 g/mol. The standard InChI is InChI=1S/C13H13F3N2O2S/c1-21-6-5-10-11(19)18(12(20)17-10)9-4-2-3-8(7-9)13(14,15)16/h2-4,7,19H,5-6H2,1H3,(H,17,20). The number of aryl methyl sites for hydroxylation is 1. The minimum atomic E-state index is -4.51. The van der Waals surface area contributed by atoms with Gasteiger partial charge in [-0.05, 0) is 30.2 Å². The Hall–Kier alpha value is -1.83. The molecule has 4 nitrogen and oxygen atoms in total. The van der Waals surface area contributed by atoms with Gasteiger partial charge in [0, 0.05) is 6.42 Å². The van der Waals surface area contributed by atoms with Gasteiger partial charge in [-0.15, -0.1) is 0 Å². The summed E-state index contributed by atoms with van der Waals surface area (Å²) < 4.78 is 38.9. The Kier molecular flexibility index (Phi) is 4.36. The summed E-state index contributed by atoms with van der Waals surface area (Å²) in [6.45, 7) is 0. The first-order valence-electron chi connectivity index (χ1n) is 6.04. The monoisotopic (exact) mass is 318 g/mol. The zero-order chi connectivity index (χ0) is 15.6. The Labute approximate surface area is 122 Å². The van der Waals surface area contributed by atoms with Crippen LogP contribution in [0.4, 0.5) is 13.2 Å². The largest absolute Gasteiger partial charge is 0.493 e. The summed E-state index contributed by atoms with van der Waals surface area (Å²) >= 11 is 1.53. The van der Waals surface area contributed by atoms with Crippen molar-refractivity contribution in [1.82, 2.24) is 9.55 Å². The number of aromatic hydroxyl groups is 1. The van der Waals surface area contributed by atoms with E-state index in [1.807, 2.05) is 6.26 Å². The van der Waals surface area contributed by atoms with Crippen LogP contribution in [0.2, 0.25) is 0 Å². The lowest BCUT2D eigenvalue weighted by Crippen LogP contribution is -2.15. The van der Waals surface area contributed by atoms with Gasteiger partial charge in [0.1, 0.15) is 0 Å². The van der Waals surface area contributed by atoms with E-state index < -0.39 is 17.4 Å². The highest BCUT2D eigenvalue weighted by atomic mass is 32.2. The first-order valence-corrected chi connectivity index (χ1v) is 7.43. The van der Waals surface area contributed by atoms with Gasteiger partial charge in [-0.1, -0.05) is 6.07 Å². The Balaban J connectivity index is 2.48. The van der Waals surface area contributed by atoms with Crippen molar-refractivity contribution in [2.45, 2.75) is 12.6 Å². The van der Waals surface area contributed by atoms with Gasteiger partial charge in [-0.2, -0.15) is 24.9 Å². The third-order valence-electron chi connectivity index (χ3n) is 2.93. The molecule has 0 spiro atoms. The molecule has 0 fully saturated rings. The molecule has 1 aromatic carbocycles. The normalized spacial score (nSPS) is 11.8. The fourth-order valence-corrected chi connectivity index (χ4v) is 2.32. The van der Waals surface area contributed by atoms with E-state index in [0.717, 1.165) is 16.7 Å². The second-order valence-electron chi connectivity index (χ2n) is 4.36. The number of benzene rings is 1. The first kappa shape index (κ1) is 15.6. The summed E-state index contributed by atoms with van der Waals surface area (Å²) in [6, 6.07) is 4.27. The Bertz CT molecular complexity index is 691. The van der Waals surface area contributed by atoms with Gasteiger partial charge in [-0.3, -0.25) is 0 Å². The van der Waals surface area contributed by atoms with E-state index >= 15 is 0 Å². The predicted octanol–water partition coefficient (Wildman–Crippen LogP) is 2.80. The van der Waals surface area contributed by atoms with Crippen LogP contribution in [0.5, 0.6) is 5.88 Å². The number of nitrogens with one attached hydrogen (secondary N) is 1. The van der Waals surface area contributed by atoms with E-state index in [2.05, 4.69) is 4.98 Å².